The molecule has 1 saturated heterocycles. The summed E-state index contributed by atoms with van der Waals surface area (Å²) in [5.41, 5.74) is 2.27. The Labute approximate surface area is 162 Å². The van der Waals surface area contributed by atoms with Crippen molar-refractivity contribution in [3.8, 4) is 0 Å². The summed E-state index contributed by atoms with van der Waals surface area (Å²) in [6, 6.07) is 12.3. The number of nitrogens with one attached hydrogen (secondary N) is 2. The highest BCUT2D eigenvalue weighted by Gasteiger charge is 2.17. The van der Waals surface area contributed by atoms with Crippen molar-refractivity contribution in [2.45, 2.75) is 39.2 Å². The second-order valence-electron chi connectivity index (χ2n) is 7.21. The van der Waals surface area contributed by atoms with E-state index in [0.717, 1.165) is 29.6 Å². The topological polar surface area (TPSA) is 32.9 Å². The monoisotopic (exact) mass is 372 g/mol. The standard InChI is InChI=1S/C21H29N3OS/c1-18-8-6-9-19(16-18)22-21(26)24(17-20-10-7-15-25-20)14-13-23-11-4-2-3-5-12-23/h6-10,15-16H,2-5,11-14,17H2,1H3,(H,22,26)/p+1. The minimum Gasteiger partial charge on any atom is -0.467 e. The third-order valence-corrected chi connectivity index (χ3v) is 5.39. The maximum Gasteiger partial charge on any atom is 0.174 e. The molecule has 0 amide bonds. The van der Waals surface area contributed by atoms with Gasteiger partial charge in [-0.15, -0.1) is 0 Å². The number of nitrogens with zero attached hydrogens (tertiary/aromatic N) is 1. The number of thiocarbonyl (C=S) groups is 1. The van der Waals surface area contributed by atoms with Crippen LogP contribution in [0.3, 0.4) is 0 Å². The zero-order chi connectivity index (χ0) is 18.2. The minimum absolute atomic E-state index is 0.706. The van der Waals surface area contributed by atoms with Crippen LogP contribution in [0, 0.1) is 6.92 Å². The highest BCUT2D eigenvalue weighted by atomic mass is 32.1. The van der Waals surface area contributed by atoms with E-state index in [1.807, 2.05) is 12.1 Å². The smallest absolute Gasteiger partial charge is 0.174 e. The lowest BCUT2D eigenvalue weighted by Gasteiger charge is -2.27. The van der Waals surface area contributed by atoms with Crippen molar-refractivity contribution < 1.29 is 9.32 Å². The minimum atomic E-state index is 0.706. The lowest BCUT2D eigenvalue weighted by molar-refractivity contribution is -0.898. The number of hydrogen-bond acceptors (Lipinski definition) is 2. The van der Waals surface area contributed by atoms with Gasteiger partial charge in [0.1, 0.15) is 5.76 Å². The molecule has 1 fully saturated rings. The molecule has 1 aliphatic rings. The van der Waals surface area contributed by atoms with Crippen LogP contribution in [0.5, 0.6) is 0 Å². The van der Waals surface area contributed by atoms with Crippen molar-refractivity contribution in [2.24, 2.45) is 0 Å². The first kappa shape index (κ1) is 18.9. The van der Waals surface area contributed by atoms with Gasteiger partial charge in [-0.05, 0) is 74.7 Å². The van der Waals surface area contributed by atoms with Gasteiger partial charge in [-0.3, -0.25) is 0 Å². The van der Waals surface area contributed by atoms with E-state index in [4.69, 9.17) is 16.6 Å². The van der Waals surface area contributed by atoms with Crippen LogP contribution in [-0.2, 0) is 6.54 Å². The molecule has 0 aliphatic carbocycles. The Balaban J connectivity index is 1.62. The van der Waals surface area contributed by atoms with Crippen LogP contribution < -0.4 is 10.2 Å². The van der Waals surface area contributed by atoms with E-state index < -0.39 is 0 Å². The molecule has 0 saturated carbocycles. The van der Waals surface area contributed by atoms with Crippen LogP contribution in [0.4, 0.5) is 5.69 Å². The van der Waals surface area contributed by atoms with Gasteiger partial charge in [-0.2, -0.15) is 0 Å². The molecule has 5 heteroatoms. The summed E-state index contributed by atoms with van der Waals surface area (Å²) in [5.74, 6) is 0.948. The maximum atomic E-state index is 5.73. The number of aryl methyl sites for hydroxylation is 1. The molecule has 4 nitrogen and oxygen atoms in total. The largest absolute Gasteiger partial charge is 0.467 e. The fourth-order valence-corrected chi connectivity index (χ4v) is 3.81. The number of likely N-dealkylation sites (tertiary alicyclic amines) is 1. The molecular weight excluding hydrogens is 342 g/mol. The predicted octanol–water partition coefficient (Wildman–Crippen LogP) is 3.25. The molecular formula is C21H30N3OS+. The first-order valence-corrected chi connectivity index (χ1v) is 10.1. The van der Waals surface area contributed by atoms with Crippen molar-refractivity contribution in [2.75, 3.05) is 31.5 Å². The average molecular weight is 373 g/mol. The van der Waals surface area contributed by atoms with Crippen molar-refractivity contribution in [3.63, 3.8) is 0 Å². The molecule has 2 N–H and O–H groups in total. The Kier molecular flexibility index (Phi) is 7.09. The first-order chi connectivity index (χ1) is 12.7. The van der Waals surface area contributed by atoms with Crippen LogP contribution in [0.1, 0.15) is 37.0 Å². The lowest BCUT2D eigenvalue weighted by atomic mass is 10.2. The van der Waals surface area contributed by atoms with Crippen LogP contribution in [0.25, 0.3) is 0 Å². The molecule has 140 valence electrons. The van der Waals surface area contributed by atoms with Gasteiger partial charge in [0.2, 0.25) is 0 Å². The summed E-state index contributed by atoms with van der Waals surface area (Å²) in [4.78, 5) is 3.93. The van der Waals surface area contributed by atoms with Gasteiger partial charge in [-0.1, -0.05) is 12.1 Å². The van der Waals surface area contributed by atoms with E-state index in [9.17, 15) is 0 Å². The molecule has 1 aromatic carbocycles. The number of quaternary nitrogens is 1. The zero-order valence-electron chi connectivity index (χ0n) is 15.7. The van der Waals surface area contributed by atoms with E-state index in [0.29, 0.717) is 6.54 Å². The third-order valence-electron chi connectivity index (χ3n) is 5.03. The summed E-state index contributed by atoms with van der Waals surface area (Å²) in [6.07, 6.45) is 7.18. The quantitative estimate of drug-likeness (QED) is 0.763. The summed E-state index contributed by atoms with van der Waals surface area (Å²) in [5, 5.41) is 4.17. The molecule has 0 spiro atoms. The fraction of sp³-hybridized carbons (Fsp3) is 0.476. The molecule has 0 bridgehead atoms. The summed E-state index contributed by atoms with van der Waals surface area (Å²) < 4.78 is 5.56. The van der Waals surface area contributed by atoms with E-state index in [1.165, 1.54) is 44.3 Å². The Morgan fingerprint density at radius 1 is 1.15 bits per heavy atom. The van der Waals surface area contributed by atoms with Crippen molar-refractivity contribution in [3.05, 3.63) is 54.0 Å². The molecule has 0 radical (unpaired) electrons. The Bertz CT molecular complexity index is 678. The molecule has 3 rings (SSSR count). The van der Waals surface area contributed by atoms with Crippen LogP contribution in [0.15, 0.2) is 47.1 Å². The average Bonchev–Trinajstić information content (AvgIpc) is 3.00. The number of benzene rings is 1. The van der Waals surface area contributed by atoms with Gasteiger partial charge >= 0.3 is 0 Å². The van der Waals surface area contributed by atoms with E-state index in [-0.39, 0.29) is 0 Å². The Morgan fingerprint density at radius 3 is 2.65 bits per heavy atom. The molecule has 26 heavy (non-hydrogen) atoms. The van der Waals surface area contributed by atoms with Crippen molar-refractivity contribution >= 4 is 23.0 Å². The predicted molar refractivity (Wildman–Crippen MR) is 111 cm³/mol. The molecule has 1 aliphatic heterocycles. The highest BCUT2D eigenvalue weighted by Crippen LogP contribution is 2.12. The zero-order valence-corrected chi connectivity index (χ0v) is 16.5. The van der Waals surface area contributed by atoms with Gasteiger partial charge in [0.05, 0.1) is 39.0 Å². The summed E-state index contributed by atoms with van der Waals surface area (Å²) in [6.45, 7) is 7.43. The molecule has 2 heterocycles. The van der Waals surface area contributed by atoms with Crippen molar-refractivity contribution in [1.82, 2.24) is 4.90 Å². The van der Waals surface area contributed by atoms with E-state index in [1.54, 1.807) is 11.2 Å². The van der Waals surface area contributed by atoms with Gasteiger partial charge < -0.3 is 19.5 Å². The van der Waals surface area contributed by atoms with Gasteiger partial charge in [0.15, 0.2) is 5.11 Å². The molecule has 0 atom stereocenters. The molecule has 2 aromatic rings. The summed E-state index contributed by atoms with van der Waals surface area (Å²) >= 11 is 5.73. The third kappa shape index (κ3) is 5.85. The second-order valence-corrected chi connectivity index (χ2v) is 7.60. The molecule has 1 aromatic heterocycles. The summed E-state index contributed by atoms with van der Waals surface area (Å²) in [7, 11) is 0. The highest BCUT2D eigenvalue weighted by molar-refractivity contribution is 7.80. The van der Waals surface area contributed by atoms with Crippen LogP contribution >= 0.6 is 12.2 Å². The number of furan rings is 1. The van der Waals surface area contributed by atoms with Crippen molar-refractivity contribution in [1.29, 1.82) is 0 Å². The van der Waals surface area contributed by atoms with Crippen LogP contribution in [0.2, 0.25) is 0 Å². The number of rotatable bonds is 6. The normalized spacial score (nSPS) is 15.4. The number of anilines is 1. The van der Waals surface area contributed by atoms with Gasteiger partial charge in [0.25, 0.3) is 0 Å². The first-order valence-electron chi connectivity index (χ1n) is 9.69. The Morgan fingerprint density at radius 2 is 1.96 bits per heavy atom. The second kappa shape index (κ2) is 9.74. The maximum absolute atomic E-state index is 5.73. The van der Waals surface area contributed by atoms with E-state index >= 15 is 0 Å². The SMILES string of the molecule is Cc1cccc(NC(=S)N(CC[NH+]2CCCCCC2)Cc2ccco2)c1. The number of hydrogen-bond donors (Lipinski definition) is 2. The molecule has 0 unspecified atom stereocenters. The fourth-order valence-electron chi connectivity index (χ4n) is 3.54. The van der Waals surface area contributed by atoms with Crippen LogP contribution in [-0.4, -0.2) is 36.2 Å². The van der Waals surface area contributed by atoms with Gasteiger partial charge in [-0.25, -0.2) is 0 Å². The Hall–Kier alpha value is -1.85. The van der Waals surface area contributed by atoms with E-state index in [2.05, 4.69) is 41.4 Å². The van der Waals surface area contributed by atoms with Gasteiger partial charge in [0, 0.05) is 5.69 Å². The lowest BCUT2D eigenvalue weighted by Crippen LogP contribution is -3.12.